The average Bonchev–Trinajstić information content (AvgIpc) is 2.67. The number of carboxylic acids is 1. The topological polar surface area (TPSA) is 74.7 Å². The molecule has 0 spiro atoms. The summed E-state index contributed by atoms with van der Waals surface area (Å²) in [5.74, 6) is -0.779. The fourth-order valence-corrected chi connectivity index (χ4v) is 4.07. The number of rotatable bonds is 4. The summed E-state index contributed by atoms with van der Waals surface area (Å²) in [4.78, 5) is 12.6. The van der Waals surface area contributed by atoms with E-state index in [2.05, 4.69) is 0 Å². The zero-order chi connectivity index (χ0) is 14.0. The van der Waals surface area contributed by atoms with Crippen LogP contribution in [0.15, 0.2) is 24.3 Å². The third-order valence-electron chi connectivity index (χ3n) is 3.32. The van der Waals surface area contributed by atoms with E-state index in [9.17, 15) is 13.2 Å². The molecule has 0 radical (unpaired) electrons. The van der Waals surface area contributed by atoms with Crippen LogP contribution in [0.25, 0.3) is 0 Å². The molecule has 1 fully saturated rings. The number of carbonyl (C=O) groups is 1. The highest BCUT2D eigenvalue weighted by molar-refractivity contribution is 7.91. The van der Waals surface area contributed by atoms with Gasteiger partial charge in [0.15, 0.2) is 9.84 Å². The van der Waals surface area contributed by atoms with Gasteiger partial charge in [-0.15, -0.1) is 0 Å². The first kappa shape index (κ1) is 13.9. The second kappa shape index (κ2) is 5.21. The van der Waals surface area contributed by atoms with Crippen LogP contribution in [0.1, 0.15) is 12.0 Å². The van der Waals surface area contributed by atoms with Crippen molar-refractivity contribution in [3.8, 4) is 0 Å². The van der Waals surface area contributed by atoms with Crippen LogP contribution < -0.4 is 4.90 Å². The number of nitrogens with zero attached hydrogens (tertiary/aromatic N) is 1. The first-order chi connectivity index (χ1) is 8.87. The highest BCUT2D eigenvalue weighted by Crippen LogP contribution is 2.24. The third kappa shape index (κ3) is 3.47. The molecule has 0 saturated carbocycles. The standard InChI is InChI=1S/C13H17NO4S/c1-10-2-4-11(5-3-10)14(8-13(15)16)12-6-7-19(17,18)9-12/h2-5,12H,6-9H2,1H3,(H,15,16). The summed E-state index contributed by atoms with van der Waals surface area (Å²) in [6.45, 7) is 1.77. The van der Waals surface area contributed by atoms with Crippen LogP contribution in [-0.4, -0.2) is 43.6 Å². The predicted octanol–water partition coefficient (Wildman–Crippen LogP) is 1.07. The van der Waals surface area contributed by atoms with Crippen LogP contribution in [0, 0.1) is 6.92 Å². The number of anilines is 1. The summed E-state index contributed by atoms with van der Waals surface area (Å²) in [7, 11) is -3.03. The molecular weight excluding hydrogens is 266 g/mol. The van der Waals surface area contributed by atoms with Crippen LogP contribution in [-0.2, 0) is 14.6 Å². The molecule has 0 aromatic heterocycles. The van der Waals surface area contributed by atoms with E-state index >= 15 is 0 Å². The number of sulfone groups is 1. The Labute approximate surface area is 112 Å². The van der Waals surface area contributed by atoms with Crippen molar-refractivity contribution >= 4 is 21.5 Å². The van der Waals surface area contributed by atoms with E-state index in [4.69, 9.17) is 5.11 Å². The van der Waals surface area contributed by atoms with E-state index in [0.717, 1.165) is 11.3 Å². The normalized spacial score (nSPS) is 21.2. The van der Waals surface area contributed by atoms with Crippen molar-refractivity contribution in [2.75, 3.05) is 23.0 Å². The number of hydrogen-bond acceptors (Lipinski definition) is 4. The largest absolute Gasteiger partial charge is 0.480 e. The number of aryl methyl sites for hydroxylation is 1. The molecule has 104 valence electrons. The zero-order valence-corrected chi connectivity index (χ0v) is 11.6. The Morgan fingerprint density at radius 1 is 1.37 bits per heavy atom. The Morgan fingerprint density at radius 3 is 2.47 bits per heavy atom. The third-order valence-corrected chi connectivity index (χ3v) is 5.07. The van der Waals surface area contributed by atoms with Gasteiger partial charge in [0.25, 0.3) is 0 Å². The van der Waals surface area contributed by atoms with Gasteiger partial charge in [-0.05, 0) is 25.5 Å². The Bertz CT molecular complexity index is 565. The van der Waals surface area contributed by atoms with Gasteiger partial charge >= 0.3 is 5.97 Å². The van der Waals surface area contributed by atoms with E-state index in [0.29, 0.717) is 6.42 Å². The molecule has 0 bridgehead atoms. The second-order valence-corrected chi connectivity index (χ2v) is 7.14. The second-order valence-electron chi connectivity index (χ2n) is 4.91. The fourth-order valence-electron chi connectivity index (χ4n) is 2.33. The lowest BCUT2D eigenvalue weighted by Gasteiger charge is -2.28. The Balaban J connectivity index is 2.26. The molecule has 1 unspecified atom stereocenters. The summed E-state index contributed by atoms with van der Waals surface area (Å²) < 4.78 is 23.1. The van der Waals surface area contributed by atoms with Crippen molar-refractivity contribution in [3.05, 3.63) is 29.8 Å². The monoisotopic (exact) mass is 283 g/mol. The van der Waals surface area contributed by atoms with Crippen molar-refractivity contribution in [3.63, 3.8) is 0 Å². The zero-order valence-electron chi connectivity index (χ0n) is 10.7. The molecule has 1 aromatic rings. The van der Waals surface area contributed by atoms with Crippen molar-refractivity contribution in [2.45, 2.75) is 19.4 Å². The summed E-state index contributed by atoms with van der Waals surface area (Å²) >= 11 is 0. The van der Waals surface area contributed by atoms with Crippen LogP contribution >= 0.6 is 0 Å². The minimum atomic E-state index is -3.03. The molecule has 1 atom stereocenters. The molecule has 1 aromatic carbocycles. The molecule has 19 heavy (non-hydrogen) atoms. The maximum Gasteiger partial charge on any atom is 0.323 e. The summed E-state index contributed by atoms with van der Waals surface area (Å²) in [6, 6.07) is 7.22. The molecule has 5 nitrogen and oxygen atoms in total. The van der Waals surface area contributed by atoms with E-state index in [1.54, 1.807) is 4.90 Å². The highest BCUT2D eigenvalue weighted by atomic mass is 32.2. The number of aliphatic carboxylic acids is 1. The number of hydrogen-bond donors (Lipinski definition) is 1. The van der Waals surface area contributed by atoms with E-state index in [1.807, 2.05) is 31.2 Å². The van der Waals surface area contributed by atoms with E-state index in [1.165, 1.54) is 0 Å². The molecular formula is C13H17NO4S. The van der Waals surface area contributed by atoms with Crippen molar-refractivity contribution < 1.29 is 18.3 Å². The van der Waals surface area contributed by atoms with Crippen molar-refractivity contribution in [1.29, 1.82) is 0 Å². The number of benzene rings is 1. The van der Waals surface area contributed by atoms with Gasteiger partial charge in [0.1, 0.15) is 6.54 Å². The summed E-state index contributed by atoms with van der Waals surface area (Å²) in [5, 5.41) is 9.00. The molecule has 6 heteroatoms. The van der Waals surface area contributed by atoms with Gasteiger partial charge in [-0.1, -0.05) is 17.7 Å². The summed E-state index contributed by atoms with van der Waals surface area (Å²) in [5.41, 5.74) is 1.84. The van der Waals surface area contributed by atoms with Gasteiger partial charge in [0.2, 0.25) is 0 Å². The van der Waals surface area contributed by atoms with Gasteiger partial charge in [-0.25, -0.2) is 8.42 Å². The maximum atomic E-state index is 11.5. The van der Waals surface area contributed by atoms with Gasteiger partial charge in [-0.2, -0.15) is 0 Å². The molecule has 1 heterocycles. The van der Waals surface area contributed by atoms with Gasteiger partial charge in [-0.3, -0.25) is 4.79 Å². The van der Waals surface area contributed by atoms with Crippen LogP contribution in [0.5, 0.6) is 0 Å². The highest BCUT2D eigenvalue weighted by Gasteiger charge is 2.33. The smallest absolute Gasteiger partial charge is 0.323 e. The Hall–Kier alpha value is -1.56. The Kier molecular flexibility index (Phi) is 3.80. The van der Waals surface area contributed by atoms with Gasteiger partial charge in [0, 0.05) is 11.7 Å². The number of carboxylic acid groups (broad SMARTS) is 1. The SMILES string of the molecule is Cc1ccc(N(CC(=O)O)C2CCS(=O)(=O)C2)cc1. The van der Waals surface area contributed by atoms with Gasteiger partial charge in [0.05, 0.1) is 11.5 Å². The quantitative estimate of drug-likeness (QED) is 0.894. The first-order valence-corrected chi connectivity index (χ1v) is 7.95. The lowest BCUT2D eigenvalue weighted by atomic mass is 10.1. The first-order valence-electron chi connectivity index (χ1n) is 6.13. The molecule has 0 aliphatic carbocycles. The molecule has 2 rings (SSSR count). The van der Waals surface area contributed by atoms with Crippen molar-refractivity contribution in [1.82, 2.24) is 0 Å². The van der Waals surface area contributed by atoms with Crippen LogP contribution in [0.3, 0.4) is 0 Å². The predicted molar refractivity (Wildman–Crippen MR) is 73.2 cm³/mol. The van der Waals surface area contributed by atoms with E-state index in [-0.39, 0.29) is 24.1 Å². The molecule has 1 N–H and O–H groups in total. The average molecular weight is 283 g/mol. The minimum absolute atomic E-state index is 0.0359. The maximum absolute atomic E-state index is 11.5. The van der Waals surface area contributed by atoms with E-state index < -0.39 is 15.8 Å². The summed E-state index contributed by atoms with van der Waals surface area (Å²) in [6.07, 6.45) is 0.490. The molecule has 1 aliphatic rings. The fraction of sp³-hybridized carbons (Fsp3) is 0.462. The molecule has 1 saturated heterocycles. The molecule has 1 aliphatic heterocycles. The lowest BCUT2D eigenvalue weighted by molar-refractivity contribution is -0.135. The van der Waals surface area contributed by atoms with Gasteiger partial charge < -0.3 is 10.0 Å². The van der Waals surface area contributed by atoms with Crippen LogP contribution in [0.4, 0.5) is 5.69 Å². The van der Waals surface area contributed by atoms with Crippen LogP contribution in [0.2, 0.25) is 0 Å². The van der Waals surface area contributed by atoms with Crippen molar-refractivity contribution in [2.24, 2.45) is 0 Å². The lowest BCUT2D eigenvalue weighted by Crippen LogP contribution is -2.40. The Morgan fingerprint density at radius 2 is 2.00 bits per heavy atom. The minimum Gasteiger partial charge on any atom is -0.480 e. The molecule has 0 amide bonds.